The Balaban J connectivity index is 0.00000132. The van der Waals surface area contributed by atoms with E-state index in [0.29, 0.717) is 17.9 Å². The summed E-state index contributed by atoms with van der Waals surface area (Å²) in [5, 5.41) is 3.28. The van der Waals surface area contributed by atoms with Crippen molar-refractivity contribution in [2.24, 2.45) is 23.5 Å². The van der Waals surface area contributed by atoms with Gasteiger partial charge in [0.05, 0.1) is 12.5 Å². The average molecular weight is 368 g/mol. The highest BCUT2D eigenvalue weighted by Crippen LogP contribution is 2.47. The number of hydrogen-bond donors (Lipinski definition) is 2. The summed E-state index contributed by atoms with van der Waals surface area (Å²) >= 11 is 0. The summed E-state index contributed by atoms with van der Waals surface area (Å²) in [6, 6.07) is 0.438. The Morgan fingerprint density at radius 1 is 1.17 bits per heavy atom. The zero-order valence-electron chi connectivity index (χ0n) is 13.9. The number of methoxy groups -OCH3 is 1. The monoisotopic (exact) mass is 367 g/mol. The molecular weight excluding hydrogens is 337 g/mol. The first-order chi connectivity index (χ1) is 10.2. The summed E-state index contributed by atoms with van der Waals surface area (Å²) in [7, 11) is 1.74. The van der Waals surface area contributed by atoms with Gasteiger partial charge in [0, 0.05) is 38.8 Å². The number of piperidine rings is 1. The third kappa shape index (κ3) is 4.73. The summed E-state index contributed by atoms with van der Waals surface area (Å²) in [4.78, 5) is 15.0. The largest absolute Gasteiger partial charge is 0.383 e. The van der Waals surface area contributed by atoms with Crippen LogP contribution in [0.2, 0.25) is 0 Å². The van der Waals surface area contributed by atoms with Gasteiger partial charge in [0.15, 0.2) is 0 Å². The smallest absolute Gasteiger partial charge is 0.225 e. The molecule has 136 valence electrons. The Bertz CT molecular complexity index is 376. The second-order valence-corrected chi connectivity index (χ2v) is 7.05. The SMILES string of the molecule is COCCN1CCC(NC(=O)C2C3CCC(C3)C2N)CC1.Cl.Cl. The quantitative estimate of drug-likeness (QED) is 0.771. The summed E-state index contributed by atoms with van der Waals surface area (Å²) in [5.74, 6) is 1.45. The number of carbonyl (C=O) groups is 1. The van der Waals surface area contributed by atoms with Crippen molar-refractivity contribution in [3.63, 3.8) is 0 Å². The van der Waals surface area contributed by atoms with E-state index < -0.39 is 0 Å². The van der Waals surface area contributed by atoms with E-state index in [1.165, 1.54) is 19.3 Å². The molecular formula is C16H31Cl2N3O2. The minimum absolute atomic E-state index is 0. The average Bonchev–Trinajstić information content (AvgIpc) is 3.07. The van der Waals surface area contributed by atoms with Crippen LogP contribution in [0.25, 0.3) is 0 Å². The lowest BCUT2D eigenvalue weighted by molar-refractivity contribution is -0.128. The second kappa shape index (κ2) is 9.42. The molecule has 1 saturated heterocycles. The molecule has 2 bridgehead atoms. The normalized spacial score (nSPS) is 33.8. The van der Waals surface area contributed by atoms with Crippen molar-refractivity contribution >= 4 is 30.7 Å². The molecule has 1 aliphatic heterocycles. The van der Waals surface area contributed by atoms with E-state index in [2.05, 4.69) is 10.2 Å². The summed E-state index contributed by atoms with van der Waals surface area (Å²) in [6.45, 7) is 3.89. The molecule has 0 aromatic carbocycles. The highest BCUT2D eigenvalue weighted by Gasteiger charge is 2.49. The molecule has 3 fully saturated rings. The van der Waals surface area contributed by atoms with Crippen molar-refractivity contribution in [3.05, 3.63) is 0 Å². The molecule has 3 N–H and O–H groups in total. The first-order valence-corrected chi connectivity index (χ1v) is 8.46. The fourth-order valence-corrected chi connectivity index (χ4v) is 4.54. The van der Waals surface area contributed by atoms with Crippen LogP contribution in [0.1, 0.15) is 32.1 Å². The fraction of sp³-hybridized carbons (Fsp3) is 0.938. The standard InChI is InChI=1S/C16H29N3O2.2ClH/c1-21-9-8-19-6-4-13(5-7-19)18-16(20)14-11-2-3-12(10-11)15(14)17;;/h11-15H,2-10,17H2,1H3,(H,18,20);2*1H. The van der Waals surface area contributed by atoms with Crippen molar-refractivity contribution in [2.45, 2.75) is 44.2 Å². The van der Waals surface area contributed by atoms with Gasteiger partial charge >= 0.3 is 0 Å². The number of nitrogens with one attached hydrogen (secondary N) is 1. The van der Waals surface area contributed by atoms with E-state index in [1.807, 2.05) is 0 Å². The van der Waals surface area contributed by atoms with Crippen LogP contribution < -0.4 is 11.1 Å². The number of rotatable bonds is 5. The number of halogens is 2. The van der Waals surface area contributed by atoms with E-state index in [1.54, 1.807) is 7.11 Å². The number of fused-ring (bicyclic) bond motifs is 2. The molecule has 2 aliphatic carbocycles. The zero-order chi connectivity index (χ0) is 14.8. The Hall–Kier alpha value is -0.0700. The molecule has 4 unspecified atom stereocenters. The van der Waals surface area contributed by atoms with E-state index >= 15 is 0 Å². The molecule has 0 aromatic heterocycles. The molecule has 2 saturated carbocycles. The molecule has 7 heteroatoms. The molecule has 3 rings (SSSR count). The van der Waals surface area contributed by atoms with E-state index in [0.717, 1.165) is 39.1 Å². The van der Waals surface area contributed by atoms with Gasteiger partial charge in [-0.2, -0.15) is 0 Å². The van der Waals surface area contributed by atoms with E-state index in [4.69, 9.17) is 10.5 Å². The number of hydrogen-bond acceptors (Lipinski definition) is 4. The number of nitrogens with zero attached hydrogens (tertiary/aromatic N) is 1. The van der Waals surface area contributed by atoms with E-state index in [-0.39, 0.29) is 42.7 Å². The predicted octanol–water partition coefficient (Wildman–Crippen LogP) is 1.43. The number of carbonyl (C=O) groups excluding carboxylic acids is 1. The van der Waals surface area contributed by atoms with Crippen LogP contribution in [0.4, 0.5) is 0 Å². The van der Waals surface area contributed by atoms with Crippen LogP contribution in [0.5, 0.6) is 0 Å². The lowest BCUT2D eigenvalue weighted by atomic mass is 9.84. The Morgan fingerprint density at radius 2 is 1.83 bits per heavy atom. The van der Waals surface area contributed by atoms with Gasteiger partial charge in [-0.1, -0.05) is 0 Å². The first kappa shape index (κ1) is 21.0. The molecule has 0 radical (unpaired) electrons. The van der Waals surface area contributed by atoms with Crippen molar-refractivity contribution in [1.82, 2.24) is 10.2 Å². The van der Waals surface area contributed by atoms with Crippen molar-refractivity contribution in [3.8, 4) is 0 Å². The van der Waals surface area contributed by atoms with Gasteiger partial charge in [-0.15, -0.1) is 24.8 Å². The van der Waals surface area contributed by atoms with Crippen LogP contribution in [0.3, 0.4) is 0 Å². The lowest BCUT2D eigenvalue weighted by Gasteiger charge is -2.34. The maximum atomic E-state index is 12.5. The number of likely N-dealkylation sites (tertiary alicyclic amines) is 1. The third-order valence-electron chi connectivity index (χ3n) is 5.83. The Morgan fingerprint density at radius 3 is 2.39 bits per heavy atom. The van der Waals surface area contributed by atoms with Gasteiger partial charge in [0.2, 0.25) is 5.91 Å². The van der Waals surface area contributed by atoms with Gasteiger partial charge in [-0.3, -0.25) is 4.79 Å². The van der Waals surface area contributed by atoms with Gasteiger partial charge in [0.1, 0.15) is 0 Å². The molecule has 1 heterocycles. The molecule has 3 aliphatic rings. The maximum absolute atomic E-state index is 12.5. The molecule has 0 aromatic rings. The summed E-state index contributed by atoms with van der Waals surface area (Å²) in [5.41, 5.74) is 6.26. The summed E-state index contributed by atoms with van der Waals surface area (Å²) in [6.07, 6.45) is 5.70. The number of ether oxygens (including phenoxy) is 1. The summed E-state index contributed by atoms with van der Waals surface area (Å²) < 4.78 is 5.12. The molecule has 5 nitrogen and oxygen atoms in total. The van der Waals surface area contributed by atoms with Crippen molar-refractivity contribution < 1.29 is 9.53 Å². The van der Waals surface area contributed by atoms with Crippen LogP contribution in [-0.4, -0.2) is 56.2 Å². The Labute approximate surface area is 151 Å². The Kier molecular flexibility index (Phi) is 8.59. The number of amides is 1. The minimum atomic E-state index is 0. The second-order valence-electron chi connectivity index (χ2n) is 7.05. The van der Waals surface area contributed by atoms with Gasteiger partial charge in [-0.05, 0) is 43.9 Å². The predicted molar refractivity (Wildman–Crippen MR) is 96.3 cm³/mol. The van der Waals surface area contributed by atoms with Crippen molar-refractivity contribution in [1.29, 1.82) is 0 Å². The fourth-order valence-electron chi connectivity index (χ4n) is 4.54. The van der Waals surface area contributed by atoms with E-state index in [9.17, 15) is 4.79 Å². The van der Waals surface area contributed by atoms with Crippen LogP contribution in [0, 0.1) is 17.8 Å². The molecule has 1 amide bonds. The van der Waals surface area contributed by atoms with Crippen LogP contribution >= 0.6 is 24.8 Å². The van der Waals surface area contributed by atoms with Gasteiger partial charge in [-0.25, -0.2) is 0 Å². The van der Waals surface area contributed by atoms with Crippen LogP contribution in [0.15, 0.2) is 0 Å². The highest BCUT2D eigenvalue weighted by molar-refractivity contribution is 5.85. The molecule has 4 atom stereocenters. The molecule has 0 spiro atoms. The zero-order valence-corrected chi connectivity index (χ0v) is 15.5. The van der Waals surface area contributed by atoms with Crippen LogP contribution in [-0.2, 0) is 9.53 Å². The van der Waals surface area contributed by atoms with Gasteiger partial charge in [0.25, 0.3) is 0 Å². The van der Waals surface area contributed by atoms with Gasteiger partial charge < -0.3 is 20.7 Å². The first-order valence-electron chi connectivity index (χ1n) is 8.46. The lowest BCUT2D eigenvalue weighted by Crippen LogP contribution is -2.51. The highest BCUT2D eigenvalue weighted by atomic mass is 35.5. The topological polar surface area (TPSA) is 67.6 Å². The molecule has 23 heavy (non-hydrogen) atoms. The van der Waals surface area contributed by atoms with Crippen molar-refractivity contribution in [2.75, 3.05) is 33.4 Å². The number of nitrogens with two attached hydrogens (primary N) is 1. The third-order valence-corrected chi connectivity index (χ3v) is 5.83. The minimum Gasteiger partial charge on any atom is -0.383 e. The maximum Gasteiger partial charge on any atom is 0.225 e.